The fraction of sp³-hybridized carbons (Fsp3) is 0.318. The first-order chi connectivity index (χ1) is 15.8. The number of fused-ring (bicyclic) bond motifs is 1. The van der Waals surface area contributed by atoms with Crippen LogP contribution in [0.5, 0.6) is 5.75 Å². The summed E-state index contributed by atoms with van der Waals surface area (Å²) in [6.45, 7) is 1.59. The number of methoxy groups -OCH3 is 1. The molecule has 0 aromatic heterocycles. The number of hydrogen-bond donors (Lipinski definition) is 2. The standard InChI is InChI=1S/C22H25N3O7S/c1-3-23-22(28)24-20(26)14-32-21(27)16-10-11-18(31-2)19(13-16)33(29,30)25-12-6-8-15-7-4-5-9-17(15)25/h4-5,7,9-11,13H,3,6,8,12,14H2,1-2H3,(H2,23,24,26,28). The van der Waals surface area contributed by atoms with Gasteiger partial charge in [0.2, 0.25) is 0 Å². The van der Waals surface area contributed by atoms with Gasteiger partial charge in [-0.3, -0.25) is 14.4 Å². The van der Waals surface area contributed by atoms with E-state index in [1.807, 2.05) is 17.4 Å². The minimum absolute atomic E-state index is 0.0728. The number of anilines is 1. The van der Waals surface area contributed by atoms with Gasteiger partial charge in [-0.2, -0.15) is 0 Å². The number of amides is 3. The molecule has 0 unspecified atom stereocenters. The van der Waals surface area contributed by atoms with Crippen LogP contribution < -0.4 is 19.7 Å². The molecule has 3 amide bonds. The summed E-state index contributed by atoms with van der Waals surface area (Å²) in [7, 11) is -2.72. The molecule has 3 rings (SSSR count). The lowest BCUT2D eigenvalue weighted by molar-refractivity contribution is -0.123. The lowest BCUT2D eigenvalue weighted by Gasteiger charge is -2.30. The number of benzene rings is 2. The van der Waals surface area contributed by atoms with Crippen LogP contribution in [0.4, 0.5) is 10.5 Å². The van der Waals surface area contributed by atoms with Gasteiger partial charge < -0.3 is 14.8 Å². The van der Waals surface area contributed by atoms with Gasteiger partial charge in [-0.25, -0.2) is 18.0 Å². The van der Waals surface area contributed by atoms with Crippen molar-refractivity contribution >= 4 is 33.6 Å². The Morgan fingerprint density at radius 1 is 1.12 bits per heavy atom. The van der Waals surface area contributed by atoms with Crippen molar-refractivity contribution in [2.75, 3.05) is 31.1 Å². The molecule has 33 heavy (non-hydrogen) atoms. The largest absolute Gasteiger partial charge is 0.495 e. The van der Waals surface area contributed by atoms with Gasteiger partial charge in [0, 0.05) is 13.1 Å². The first-order valence-electron chi connectivity index (χ1n) is 10.3. The Labute approximate surface area is 191 Å². The van der Waals surface area contributed by atoms with Crippen molar-refractivity contribution in [1.82, 2.24) is 10.6 Å². The number of urea groups is 1. The maximum Gasteiger partial charge on any atom is 0.338 e. The Morgan fingerprint density at radius 3 is 2.61 bits per heavy atom. The van der Waals surface area contributed by atoms with Gasteiger partial charge in [-0.15, -0.1) is 0 Å². The second kappa shape index (κ2) is 10.3. The highest BCUT2D eigenvalue weighted by Gasteiger charge is 2.32. The Bertz CT molecular complexity index is 1160. The molecular weight excluding hydrogens is 450 g/mol. The van der Waals surface area contributed by atoms with E-state index in [-0.39, 0.29) is 22.8 Å². The van der Waals surface area contributed by atoms with Crippen molar-refractivity contribution in [2.45, 2.75) is 24.7 Å². The summed E-state index contributed by atoms with van der Waals surface area (Å²) in [5.41, 5.74) is 1.42. The van der Waals surface area contributed by atoms with Crippen LogP contribution in [-0.2, 0) is 26.0 Å². The Morgan fingerprint density at radius 2 is 1.88 bits per heavy atom. The molecule has 0 bridgehead atoms. The summed E-state index contributed by atoms with van der Waals surface area (Å²) >= 11 is 0. The minimum Gasteiger partial charge on any atom is -0.495 e. The minimum atomic E-state index is -4.06. The van der Waals surface area contributed by atoms with Gasteiger partial charge in [0.1, 0.15) is 10.6 Å². The van der Waals surface area contributed by atoms with Gasteiger partial charge in [-0.1, -0.05) is 18.2 Å². The van der Waals surface area contributed by atoms with Crippen molar-refractivity contribution in [1.29, 1.82) is 0 Å². The molecule has 0 atom stereocenters. The summed E-state index contributed by atoms with van der Waals surface area (Å²) in [4.78, 5) is 35.4. The molecule has 2 N–H and O–H groups in total. The number of rotatable bonds is 7. The third-order valence-corrected chi connectivity index (χ3v) is 6.79. The number of sulfonamides is 1. The highest BCUT2D eigenvalue weighted by atomic mass is 32.2. The fourth-order valence-corrected chi connectivity index (χ4v) is 5.18. The van der Waals surface area contributed by atoms with Crippen molar-refractivity contribution in [3.05, 3.63) is 53.6 Å². The van der Waals surface area contributed by atoms with Crippen molar-refractivity contribution in [3.8, 4) is 5.75 Å². The van der Waals surface area contributed by atoms with E-state index in [4.69, 9.17) is 9.47 Å². The Kier molecular flexibility index (Phi) is 7.54. The Balaban J connectivity index is 1.83. The smallest absolute Gasteiger partial charge is 0.338 e. The SMILES string of the molecule is CCNC(=O)NC(=O)COC(=O)c1ccc(OC)c(S(=O)(=O)N2CCCc3ccccc32)c1. The summed E-state index contributed by atoms with van der Waals surface area (Å²) < 4.78 is 38.6. The van der Waals surface area contributed by atoms with Crippen molar-refractivity contribution in [3.63, 3.8) is 0 Å². The molecule has 0 saturated heterocycles. The molecule has 0 fully saturated rings. The number of hydrogen-bond acceptors (Lipinski definition) is 7. The van der Waals surface area contributed by atoms with Gasteiger partial charge in [0.15, 0.2) is 6.61 Å². The third-order valence-electron chi connectivity index (χ3n) is 4.96. The molecule has 0 radical (unpaired) electrons. The number of esters is 1. The molecule has 1 aliphatic heterocycles. The van der Waals surface area contributed by atoms with E-state index < -0.39 is 34.5 Å². The van der Waals surface area contributed by atoms with Crippen LogP contribution in [-0.4, -0.2) is 53.1 Å². The molecule has 10 nitrogen and oxygen atoms in total. The first-order valence-corrected chi connectivity index (χ1v) is 11.8. The lowest BCUT2D eigenvalue weighted by Crippen LogP contribution is -2.41. The van der Waals surface area contributed by atoms with Crippen LogP contribution in [0.2, 0.25) is 0 Å². The number of nitrogens with one attached hydrogen (secondary N) is 2. The molecule has 176 valence electrons. The normalized spacial score (nSPS) is 13.0. The van der Waals surface area contributed by atoms with Crippen LogP contribution in [0.1, 0.15) is 29.3 Å². The highest BCUT2D eigenvalue weighted by Crippen LogP contribution is 2.35. The molecule has 11 heteroatoms. The first kappa shape index (κ1) is 24.1. The molecule has 0 spiro atoms. The number of nitrogens with zero attached hydrogens (tertiary/aromatic N) is 1. The summed E-state index contributed by atoms with van der Waals surface area (Å²) in [6, 6.07) is 10.4. The molecule has 2 aromatic carbocycles. The molecule has 0 saturated carbocycles. The molecule has 1 heterocycles. The molecule has 2 aromatic rings. The number of ether oxygens (including phenoxy) is 2. The second-order valence-corrected chi connectivity index (χ2v) is 8.99. The maximum atomic E-state index is 13.5. The summed E-state index contributed by atoms with van der Waals surface area (Å²) in [5, 5.41) is 4.38. The molecule has 0 aliphatic carbocycles. The van der Waals surface area contributed by atoms with Gasteiger partial charge >= 0.3 is 12.0 Å². The molecular formula is C22H25N3O7S. The van der Waals surface area contributed by atoms with E-state index in [1.165, 1.54) is 23.5 Å². The van der Waals surface area contributed by atoms with Crippen LogP contribution in [0.15, 0.2) is 47.4 Å². The van der Waals surface area contributed by atoms with Gasteiger partial charge in [0.05, 0.1) is 18.4 Å². The van der Waals surface area contributed by atoms with E-state index in [0.29, 0.717) is 18.7 Å². The number of aryl methyl sites for hydroxylation is 1. The zero-order valence-corrected chi connectivity index (χ0v) is 19.1. The molecule has 1 aliphatic rings. The zero-order chi connectivity index (χ0) is 24.0. The lowest BCUT2D eigenvalue weighted by atomic mass is 10.0. The summed E-state index contributed by atoms with van der Waals surface area (Å²) in [5.74, 6) is -1.66. The van der Waals surface area contributed by atoms with Crippen molar-refractivity contribution in [2.24, 2.45) is 0 Å². The van der Waals surface area contributed by atoms with E-state index in [1.54, 1.807) is 19.1 Å². The second-order valence-electron chi connectivity index (χ2n) is 7.16. The number of carbonyl (C=O) groups excluding carboxylic acids is 3. The predicted molar refractivity (Wildman–Crippen MR) is 120 cm³/mol. The number of para-hydroxylation sites is 1. The zero-order valence-electron chi connectivity index (χ0n) is 18.3. The fourth-order valence-electron chi connectivity index (χ4n) is 3.45. The monoisotopic (exact) mass is 475 g/mol. The summed E-state index contributed by atoms with van der Waals surface area (Å²) in [6.07, 6.45) is 1.42. The van der Waals surface area contributed by atoms with E-state index in [2.05, 4.69) is 5.32 Å². The van der Waals surface area contributed by atoms with Crippen molar-refractivity contribution < 1.29 is 32.3 Å². The average Bonchev–Trinajstić information content (AvgIpc) is 2.81. The quantitative estimate of drug-likeness (QED) is 0.584. The highest BCUT2D eigenvalue weighted by molar-refractivity contribution is 7.93. The topological polar surface area (TPSA) is 131 Å². The van der Waals surface area contributed by atoms with Crippen LogP contribution >= 0.6 is 0 Å². The maximum absolute atomic E-state index is 13.5. The average molecular weight is 476 g/mol. The number of imide groups is 1. The van der Waals surface area contributed by atoms with Crippen LogP contribution in [0, 0.1) is 0 Å². The third kappa shape index (κ3) is 5.43. The van der Waals surface area contributed by atoms with Gasteiger partial charge in [-0.05, 0) is 49.6 Å². The predicted octanol–water partition coefficient (Wildman–Crippen LogP) is 1.84. The van der Waals surface area contributed by atoms with E-state index in [9.17, 15) is 22.8 Å². The van der Waals surface area contributed by atoms with E-state index in [0.717, 1.165) is 18.1 Å². The Hall–Kier alpha value is -3.60. The van der Waals surface area contributed by atoms with Gasteiger partial charge in [0.25, 0.3) is 15.9 Å². The van der Waals surface area contributed by atoms with Crippen LogP contribution in [0.25, 0.3) is 0 Å². The van der Waals surface area contributed by atoms with E-state index >= 15 is 0 Å². The number of carbonyl (C=O) groups is 3. The van der Waals surface area contributed by atoms with Crippen LogP contribution in [0.3, 0.4) is 0 Å².